The smallest absolute Gasteiger partial charge is 0.387 e. The molecule has 0 saturated heterocycles. The molecule has 0 aliphatic rings. The minimum absolute atomic E-state index is 0.0252. The maximum absolute atomic E-state index is 13.0. The predicted molar refractivity (Wildman–Crippen MR) is 55.5 cm³/mol. The van der Waals surface area contributed by atoms with E-state index in [2.05, 4.69) is 20.7 Å². The first-order valence-corrected chi connectivity index (χ1v) is 5.45. The van der Waals surface area contributed by atoms with Crippen molar-refractivity contribution in [3.63, 3.8) is 0 Å². The van der Waals surface area contributed by atoms with Crippen LogP contribution in [0.3, 0.4) is 0 Å². The lowest BCUT2D eigenvalue weighted by Crippen LogP contribution is -2.06. The molecule has 0 aliphatic carbocycles. The van der Waals surface area contributed by atoms with Gasteiger partial charge >= 0.3 is 6.61 Å². The van der Waals surface area contributed by atoms with Gasteiger partial charge in [-0.3, -0.25) is 4.79 Å². The highest BCUT2D eigenvalue weighted by molar-refractivity contribution is 9.09. The molecule has 0 spiro atoms. The molecular formula is C10H8BrF3O2. The summed E-state index contributed by atoms with van der Waals surface area (Å²) < 4.78 is 40.8. The molecule has 16 heavy (non-hydrogen) atoms. The summed E-state index contributed by atoms with van der Waals surface area (Å²) in [6.07, 6.45) is -0.0252. The molecule has 1 aromatic rings. The van der Waals surface area contributed by atoms with Crippen LogP contribution < -0.4 is 4.74 Å². The predicted octanol–water partition coefficient (Wildman–Crippen LogP) is 2.93. The van der Waals surface area contributed by atoms with Gasteiger partial charge in [0.15, 0.2) is 0 Å². The average molecular weight is 297 g/mol. The molecule has 0 unspecified atom stereocenters. The lowest BCUT2D eigenvalue weighted by molar-refractivity contribution is -0.115. The molecule has 1 rings (SSSR count). The fourth-order valence-electron chi connectivity index (χ4n) is 1.17. The summed E-state index contributed by atoms with van der Waals surface area (Å²) in [5.74, 6) is -1.17. The number of carbonyl (C=O) groups excluding carboxylic acids is 1. The second-order valence-electron chi connectivity index (χ2n) is 3.02. The van der Waals surface area contributed by atoms with E-state index in [9.17, 15) is 18.0 Å². The Hall–Kier alpha value is -1.04. The molecule has 0 saturated carbocycles. The van der Waals surface area contributed by atoms with Crippen molar-refractivity contribution in [1.82, 2.24) is 0 Å². The third-order valence-electron chi connectivity index (χ3n) is 1.71. The summed E-state index contributed by atoms with van der Waals surface area (Å²) in [6, 6.07) is 3.17. The number of hydrogen-bond donors (Lipinski definition) is 0. The SMILES string of the molecule is O=C(CBr)Cc1cc(F)cc(OC(F)F)c1. The number of benzene rings is 1. The van der Waals surface area contributed by atoms with Crippen LogP contribution in [0.25, 0.3) is 0 Å². The third-order valence-corrected chi connectivity index (χ3v) is 2.33. The van der Waals surface area contributed by atoms with Crippen LogP contribution in [0, 0.1) is 5.82 Å². The zero-order chi connectivity index (χ0) is 12.1. The quantitative estimate of drug-likeness (QED) is 0.781. The Balaban J connectivity index is 2.85. The van der Waals surface area contributed by atoms with Crippen LogP contribution in [0.15, 0.2) is 18.2 Å². The summed E-state index contributed by atoms with van der Waals surface area (Å²) in [5.41, 5.74) is 0.306. The zero-order valence-electron chi connectivity index (χ0n) is 8.05. The first-order valence-electron chi connectivity index (χ1n) is 4.33. The molecule has 1 aromatic carbocycles. The first-order chi connectivity index (χ1) is 7.51. The van der Waals surface area contributed by atoms with Gasteiger partial charge in [-0.2, -0.15) is 8.78 Å². The monoisotopic (exact) mass is 296 g/mol. The van der Waals surface area contributed by atoms with E-state index >= 15 is 0 Å². The van der Waals surface area contributed by atoms with Gasteiger partial charge in [0.25, 0.3) is 0 Å². The molecular weight excluding hydrogens is 289 g/mol. The van der Waals surface area contributed by atoms with Gasteiger partial charge in [-0.1, -0.05) is 15.9 Å². The lowest BCUT2D eigenvalue weighted by atomic mass is 10.1. The molecule has 0 atom stereocenters. The number of Topliss-reactive ketones (excluding diaryl/α,β-unsaturated/α-hetero) is 1. The molecule has 0 aromatic heterocycles. The van der Waals surface area contributed by atoms with E-state index in [1.54, 1.807) is 0 Å². The largest absolute Gasteiger partial charge is 0.435 e. The van der Waals surface area contributed by atoms with Crippen molar-refractivity contribution in [2.24, 2.45) is 0 Å². The summed E-state index contributed by atoms with van der Waals surface area (Å²) in [4.78, 5) is 11.1. The highest BCUT2D eigenvalue weighted by atomic mass is 79.9. The number of halogens is 4. The van der Waals surface area contributed by atoms with Gasteiger partial charge in [-0.15, -0.1) is 0 Å². The Morgan fingerprint density at radius 2 is 2.06 bits per heavy atom. The molecule has 6 heteroatoms. The lowest BCUT2D eigenvalue weighted by Gasteiger charge is -2.06. The zero-order valence-corrected chi connectivity index (χ0v) is 9.64. The molecule has 0 bridgehead atoms. The van der Waals surface area contributed by atoms with Gasteiger partial charge in [-0.25, -0.2) is 4.39 Å². The average Bonchev–Trinajstić information content (AvgIpc) is 2.15. The van der Waals surface area contributed by atoms with Gasteiger partial charge < -0.3 is 4.74 Å². The van der Waals surface area contributed by atoms with Crippen molar-refractivity contribution in [3.05, 3.63) is 29.6 Å². The summed E-state index contributed by atoms with van der Waals surface area (Å²) >= 11 is 2.96. The van der Waals surface area contributed by atoms with Gasteiger partial charge in [0.05, 0.1) is 5.33 Å². The Kier molecular flexibility index (Phi) is 4.79. The maximum Gasteiger partial charge on any atom is 0.387 e. The summed E-state index contributed by atoms with van der Waals surface area (Å²) in [6.45, 7) is -3.01. The van der Waals surface area contributed by atoms with Gasteiger partial charge in [-0.05, 0) is 17.7 Å². The molecule has 0 radical (unpaired) electrons. The van der Waals surface area contributed by atoms with Crippen LogP contribution in [-0.2, 0) is 11.2 Å². The van der Waals surface area contributed by atoms with E-state index in [1.807, 2.05) is 0 Å². The van der Waals surface area contributed by atoms with Crippen LogP contribution in [0.4, 0.5) is 13.2 Å². The second-order valence-corrected chi connectivity index (χ2v) is 3.58. The Morgan fingerprint density at radius 3 is 2.62 bits per heavy atom. The van der Waals surface area contributed by atoms with E-state index in [-0.39, 0.29) is 23.3 Å². The van der Waals surface area contributed by atoms with Crippen LogP contribution in [0.1, 0.15) is 5.56 Å². The van der Waals surface area contributed by atoms with E-state index in [1.165, 1.54) is 6.07 Å². The van der Waals surface area contributed by atoms with Crippen LogP contribution in [0.2, 0.25) is 0 Å². The van der Waals surface area contributed by atoms with Crippen molar-refractivity contribution in [2.45, 2.75) is 13.0 Å². The summed E-state index contributed by atoms with van der Waals surface area (Å²) in [7, 11) is 0. The van der Waals surface area contributed by atoms with Crippen molar-refractivity contribution >= 4 is 21.7 Å². The van der Waals surface area contributed by atoms with Gasteiger partial charge in [0, 0.05) is 12.5 Å². The highest BCUT2D eigenvalue weighted by Gasteiger charge is 2.09. The Labute approximate surface area is 98.5 Å². The normalized spacial score (nSPS) is 10.6. The molecule has 0 heterocycles. The molecule has 88 valence electrons. The number of rotatable bonds is 5. The molecule has 0 amide bonds. The van der Waals surface area contributed by atoms with Crippen LogP contribution >= 0.6 is 15.9 Å². The van der Waals surface area contributed by atoms with E-state index in [0.29, 0.717) is 5.56 Å². The van der Waals surface area contributed by atoms with E-state index in [4.69, 9.17) is 0 Å². The molecule has 0 aliphatic heterocycles. The topological polar surface area (TPSA) is 26.3 Å². The van der Waals surface area contributed by atoms with Crippen LogP contribution in [-0.4, -0.2) is 17.7 Å². The van der Waals surface area contributed by atoms with Crippen molar-refractivity contribution in [1.29, 1.82) is 0 Å². The fraction of sp³-hybridized carbons (Fsp3) is 0.300. The van der Waals surface area contributed by atoms with Crippen molar-refractivity contribution in [2.75, 3.05) is 5.33 Å². The fourth-order valence-corrected chi connectivity index (χ4v) is 1.37. The van der Waals surface area contributed by atoms with E-state index in [0.717, 1.165) is 12.1 Å². The second kappa shape index (κ2) is 5.89. The molecule has 2 nitrogen and oxygen atoms in total. The highest BCUT2D eigenvalue weighted by Crippen LogP contribution is 2.19. The van der Waals surface area contributed by atoms with Crippen molar-refractivity contribution < 1.29 is 22.7 Å². The summed E-state index contributed by atoms with van der Waals surface area (Å²) in [5, 5.41) is 0.133. The third kappa shape index (κ3) is 4.22. The minimum atomic E-state index is -3.01. The Morgan fingerprint density at radius 1 is 1.38 bits per heavy atom. The number of ether oxygens (including phenoxy) is 1. The standard InChI is InChI=1S/C10H8BrF3O2/c11-5-8(15)2-6-1-7(12)4-9(3-6)16-10(13)14/h1,3-4,10H,2,5H2. The minimum Gasteiger partial charge on any atom is -0.435 e. The van der Waals surface area contributed by atoms with Gasteiger partial charge in [0.1, 0.15) is 17.3 Å². The number of hydrogen-bond acceptors (Lipinski definition) is 2. The first kappa shape index (κ1) is 13.0. The number of ketones is 1. The molecule has 0 N–H and O–H groups in total. The van der Waals surface area contributed by atoms with Crippen LogP contribution in [0.5, 0.6) is 5.75 Å². The van der Waals surface area contributed by atoms with E-state index < -0.39 is 12.4 Å². The Bertz CT molecular complexity index is 382. The van der Waals surface area contributed by atoms with Gasteiger partial charge in [0.2, 0.25) is 0 Å². The number of carbonyl (C=O) groups is 1. The maximum atomic E-state index is 13.0. The number of alkyl halides is 3. The van der Waals surface area contributed by atoms with Crippen molar-refractivity contribution in [3.8, 4) is 5.75 Å². The molecule has 0 fully saturated rings.